The van der Waals surface area contributed by atoms with Crippen molar-refractivity contribution in [2.75, 3.05) is 19.6 Å². The fraction of sp³-hybridized carbons (Fsp3) is 0.812. The number of nitrogens with one attached hydrogen (secondary N) is 2. The van der Waals surface area contributed by atoms with Crippen LogP contribution >= 0.6 is 12.2 Å². The number of carbonyl (C=O) groups is 1. The predicted molar refractivity (Wildman–Crippen MR) is 93.8 cm³/mol. The van der Waals surface area contributed by atoms with Crippen LogP contribution in [0.3, 0.4) is 0 Å². The van der Waals surface area contributed by atoms with Gasteiger partial charge in [-0.15, -0.1) is 0 Å². The molecule has 1 aliphatic rings. The second kappa shape index (κ2) is 8.59. The molecular weight excluding hydrogens is 310 g/mol. The molecule has 130 valence electrons. The summed E-state index contributed by atoms with van der Waals surface area (Å²) in [5.74, 6) is 1.60. The molecule has 1 amide bonds. The highest BCUT2D eigenvalue weighted by Crippen LogP contribution is 2.17. The van der Waals surface area contributed by atoms with E-state index in [4.69, 9.17) is 12.2 Å². The quantitative estimate of drug-likeness (QED) is 0.747. The largest absolute Gasteiger partial charge is 0.353 e. The van der Waals surface area contributed by atoms with E-state index in [1.54, 1.807) is 4.57 Å². The van der Waals surface area contributed by atoms with Crippen molar-refractivity contribution in [2.24, 2.45) is 5.92 Å². The van der Waals surface area contributed by atoms with Crippen LogP contribution in [0.15, 0.2) is 0 Å². The molecule has 1 aromatic heterocycles. The maximum Gasteiger partial charge on any atom is 0.240 e. The predicted octanol–water partition coefficient (Wildman–Crippen LogP) is 2.13. The summed E-state index contributed by atoms with van der Waals surface area (Å²) in [5.41, 5.74) is 0. The van der Waals surface area contributed by atoms with Crippen LogP contribution in [0.4, 0.5) is 0 Å². The van der Waals surface area contributed by atoms with Crippen LogP contribution in [0.5, 0.6) is 0 Å². The van der Waals surface area contributed by atoms with Crippen LogP contribution in [0.2, 0.25) is 0 Å². The molecule has 23 heavy (non-hydrogen) atoms. The fourth-order valence-corrected chi connectivity index (χ4v) is 3.36. The Morgan fingerprint density at radius 2 is 2.35 bits per heavy atom. The van der Waals surface area contributed by atoms with E-state index in [2.05, 4.69) is 41.2 Å². The van der Waals surface area contributed by atoms with Crippen molar-refractivity contribution in [3.63, 3.8) is 0 Å². The Labute approximate surface area is 143 Å². The normalized spacial score (nSPS) is 20.4. The minimum Gasteiger partial charge on any atom is -0.353 e. The number of rotatable bonds is 7. The number of H-pyrrole nitrogens is 1. The first-order valence-corrected chi connectivity index (χ1v) is 9.07. The van der Waals surface area contributed by atoms with E-state index >= 15 is 0 Å². The number of amides is 1. The molecule has 0 saturated carbocycles. The van der Waals surface area contributed by atoms with Crippen LogP contribution in [0.25, 0.3) is 0 Å². The van der Waals surface area contributed by atoms with Crippen molar-refractivity contribution in [3.05, 3.63) is 10.6 Å². The second-order valence-electron chi connectivity index (χ2n) is 6.68. The molecule has 0 bridgehead atoms. The second-order valence-corrected chi connectivity index (χ2v) is 7.06. The van der Waals surface area contributed by atoms with Gasteiger partial charge in [0, 0.05) is 25.6 Å². The van der Waals surface area contributed by atoms with E-state index in [0.29, 0.717) is 17.4 Å². The lowest BCUT2D eigenvalue weighted by Crippen LogP contribution is -2.46. The number of hydrogen-bond acceptors (Lipinski definition) is 4. The van der Waals surface area contributed by atoms with Gasteiger partial charge in [0.25, 0.3) is 0 Å². The van der Waals surface area contributed by atoms with Gasteiger partial charge in [0.15, 0.2) is 4.77 Å². The lowest BCUT2D eigenvalue weighted by Gasteiger charge is -2.35. The minimum absolute atomic E-state index is 0.00300. The van der Waals surface area contributed by atoms with E-state index in [1.165, 1.54) is 12.8 Å². The SMILES string of the molecule is CCCc1n[nH]c(=S)n1CC(=O)NC[C@H](C)N1CCC[C@@H](C)C1. The van der Waals surface area contributed by atoms with Gasteiger partial charge in [-0.05, 0) is 50.9 Å². The van der Waals surface area contributed by atoms with Gasteiger partial charge in [0.1, 0.15) is 12.4 Å². The number of hydrogen-bond donors (Lipinski definition) is 2. The van der Waals surface area contributed by atoms with Gasteiger partial charge in [0.05, 0.1) is 0 Å². The molecule has 0 unspecified atom stereocenters. The van der Waals surface area contributed by atoms with Crippen molar-refractivity contribution in [3.8, 4) is 0 Å². The van der Waals surface area contributed by atoms with Gasteiger partial charge in [0.2, 0.25) is 5.91 Å². The molecule has 0 aliphatic carbocycles. The van der Waals surface area contributed by atoms with Crippen LogP contribution in [-0.2, 0) is 17.8 Å². The molecule has 0 spiro atoms. The van der Waals surface area contributed by atoms with Crippen LogP contribution in [-0.4, -0.2) is 51.2 Å². The van der Waals surface area contributed by atoms with E-state index in [-0.39, 0.29) is 12.5 Å². The van der Waals surface area contributed by atoms with Gasteiger partial charge < -0.3 is 5.32 Å². The summed E-state index contributed by atoms with van der Waals surface area (Å²) in [6, 6.07) is 0.370. The molecule has 0 radical (unpaired) electrons. The Morgan fingerprint density at radius 3 is 3.04 bits per heavy atom. The first-order chi connectivity index (χ1) is 11.0. The van der Waals surface area contributed by atoms with Crippen molar-refractivity contribution < 1.29 is 4.79 Å². The first kappa shape index (κ1) is 18.1. The maximum absolute atomic E-state index is 12.2. The molecule has 1 saturated heterocycles. The summed E-state index contributed by atoms with van der Waals surface area (Å²) < 4.78 is 2.31. The van der Waals surface area contributed by atoms with Crippen molar-refractivity contribution in [2.45, 2.75) is 59.0 Å². The van der Waals surface area contributed by atoms with Crippen molar-refractivity contribution in [1.29, 1.82) is 0 Å². The number of likely N-dealkylation sites (tertiary alicyclic amines) is 1. The van der Waals surface area contributed by atoms with Gasteiger partial charge in [-0.2, -0.15) is 5.10 Å². The topological polar surface area (TPSA) is 66.0 Å². The average molecular weight is 340 g/mol. The van der Waals surface area contributed by atoms with Crippen LogP contribution < -0.4 is 5.32 Å². The highest BCUT2D eigenvalue weighted by molar-refractivity contribution is 7.71. The molecule has 7 heteroatoms. The molecule has 2 heterocycles. The molecule has 6 nitrogen and oxygen atoms in total. The van der Waals surface area contributed by atoms with Crippen molar-refractivity contribution >= 4 is 18.1 Å². The number of carbonyl (C=O) groups excluding carboxylic acids is 1. The highest BCUT2D eigenvalue weighted by atomic mass is 32.1. The van der Waals surface area contributed by atoms with Gasteiger partial charge in [-0.25, -0.2) is 0 Å². The third-order valence-electron chi connectivity index (χ3n) is 4.52. The number of nitrogens with zero attached hydrogens (tertiary/aromatic N) is 3. The van der Waals surface area contributed by atoms with Gasteiger partial charge >= 0.3 is 0 Å². The highest BCUT2D eigenvalue weighted by Gasteiger charge is 2.21. The van der Waals surface area contributed by atoms with Crippen molar-refractivity contribution in [1.82, 2.24) is 25.0 Å². The Hall–Kier alpha value is -1.21. The average Bonchev–Trinajstić information content (AvgIpc) is 2.86. The van der Waals surface area contributed by atoms with Gasteiger partial charge in [-0.1, -0.05) is 13.8 Å². The minimum atomic E-state index is -0.00300. The smallest absolute Gasteiger partial charge is 0.240 e. The van der Waals surface area contributed by atoms with E-state index in [1.807, 2.05) is 0 Å². The summed E-state index contributed by atoms with van der Waals surface area (Å²) in [4.78, 5) is 14.7. The van der Waals surface area contributed by atoms with E-state index in [0.717, 1.165) is 37.7 Å². The number of aromatic nitrogens is 3. The Morgan fingerprint density at radius 1 is 1.57 bits per heavy atom. The molecule has 2 atom stereocenters. The zero-order chi connectivity index (χ0) is 16.8. The monoisotopic (exact) mass is 339 g/mol. The Kier molecular flexibility index (Phi) is 6.77. The Balaban J connectivity index is 1.83. The number of aromatic amines is 1. The first-order valence-electron chi connectivity index (χ1n) is 8.66. The summed E-state index contributed by atoms with van der Waals surface area (Å²) in [5, 5.41) is 10.0. The maximum atomic E-state index is 12.2. The lowest BCUT2D eigenvalue weighted by atomic mass is 9.99. The summed E-state index contributed by atoms with van der Waals surface area (Å²) in [6.07, 6.45) is 4.37. The van der Waals surface area contributed by atoms with Crippen LogP contribution in [0, 0.1) is 10.7 Å². The third-order valence-corrected chi connectivity index (χ3v) is 4.83. The zero-order valence-electron chi connectivity index (χ0n) is 14.5. The number of piperidine rings is 1. The molecule has 1 fully saturated rings. The standard InChI is InChI=1S/C16H29N5OS/c1-4-6-14-18-19-16(23)21(14)11-15(22)17-9-13(3)20-8-5-7-12(2)10-20/h12-13H,4-11H2,1-3H3,(H,17,22)(H,19,23)/t12-,13+/m1/s1. The molecule has 1 aliphatic heterocycles. The third kappa shape index (κ3) is 5.14. The summed E-state index contributed by atoms with van der Waals surface area (Å²) in [6.45, 7) is 9.76. The lowest BCUT2D eigenvalue weighted by molar-refractivity contribution is -0.122. The molecule has 0 aromatic carbocycles. The zero-order valence-corrected chi connectivity index (χ0v) is 15.3. The molecule has 2 N–H and O–H groups in total. The molecule has 1 aromatic rings. The summed E-state index contributed by atoms with van der Waals surface area (Å²) >= 11 is 5.21. The molecule has 2 rings (SSSR count). The number of aryl methyl sites for hydroxylation is 1. The Bertz CT molecular complexity index is 567. The fourth-order valence-electron chi connectivity index (χ4n) is 3.14. The molecular formula is C16H29N5OS. The van der Waals surface area contributed by atoms with E-state index in [9.17, 15) is 4.79 Å². The summed E-state index contributed by atoms with van der Waals surface area (Å²) in [7, 11) is 0. The van der Waals surface area contributed by atoms with Gasteiger partial charge in [-0.3, -0.25) is 19.4 Å². The van der Waals surface area contributed by atoms with E-state index < -0.39 is 0 Å². The van der Waals surface area contributed by atoms with Crippen LogP contribution in [0.1, 0.15) is 45.9 Å².